The third-order valence-electron chi connectivity index (χ3n) is 4.67. The summed E-state index contributed by atoms with van der Waals surface area (Å²) in [5.74, 6) is -0.0303. The van der Waals surface area contributed by atoms with Gasteiger partial charge in [-0.3, -0.25) is 4.79 Å². The number of rotatable bonds is 3. The molecule has 0 bridgehead atoms. The number of hydrogen-bond donors (Lipinski definition) is 1. The van der Waals surface area contributed by atoms with E-state index >= 15 is 0 Å². The molecule has 1 aliphatic carbocycles. The molecule has 2 rings (SSSR count). The topological polar surface area (TPSA) is 72.6 Å². The molecule has 0 saturated carbocycles. The van der Waals surface area contributed by atoms with Crippen molar-refractivity contribution in [2.45, 2.75) is 52.6 Å². The van der Waals surface area contributed by atoms with Gasteiger partial charge in [0.1, 0.15) is 6.10 Å². The fourth-order valence-electron chi connectivity index (χ4n) is 3.46. The number of carbonyl (C=O) groups is 2. The van der Waals surface area contributed by atoms with Crippen molar-refractivity contribution in [1.29, 1.82) is 0 Å². The first-order valence-corrected chi connectivity index (χ1v) is 7.93. The first-order chi connectivity index (χ1) is 10.3. The lowest BCUT2D eigenvalue weighted by Gasteiger charge is -2.32. The van der Waals surface area contributed by atoms with E-state index in [4.69, 9.17) is 10.5 Å². The van der Waals surface area contributed by atoms with Crippen LogP contribution < -0.4 is 5.73 Å². The second-order valence-electron chi connectivity index (χ2n) is 6.90. The van der Waals surface area contributed by atoms with Gasteiger partial charge in [0.2, 0.25) is 5.91 Å². The average molecular weight is 306 g/mol. The van der Waals surface area contributed by atoms with Crippen LogP contribution in [0.25, 0.3) is 0 Å². The average Bonchev–Trinajstić information content (AvgIpc) is 2.84. The number of ether oxygens (including phenoxy) is 1. The van der Waals surface area contributed by atoms with E-state index in [0.717, 1.165) is 12.8 Å². The van der Waals surface area contributed by atoms with Gasteiger partial charge in [-0.2, -0.15) is 0 Å². The van der Waals surface area contributed by atoms with Crippen LogP contribution in [0.1, 0.15) is 46.5 Å². The van der Waals surface area contributed by atoms with E-state index in [-0.39, 0.29) is 17.4 Å². The van der Waals surface area contributed by atoms with Crippen LogP contribution in [0.5, 0.6) is 0 Å². The maximum atomic E-state index is 12.3. The maximum absolute atomic E-state index is 12.3. The highest BCUT2D eigenvalue weighted by molar-refractivity contribution is 5.88. The van der Waals surface area contributed by atoms with Crippen molar-refractivity contribution in [3.8, 4) is 0 Å². The minimum atomic E-state index is -0.778. The number of hydrogen-bond acceptors (Lipinski definition) is 3. The van der Waals surface area contributed by atoms with Crippen molar-refractivity contribution >= 4 is 12.0 Å². The van der Waals surface area contributed by atoms with Crippen LogP contribution >= 0.6 is 0 Å². The van der Waals surface area contributed by atoms with Gasteiger partial charge >= 0.3 is 6.09 Å². The van der Waals surface area contributed by atoms with Crippen LogP contribution in [0.4, 0.5) is 4.79 Å². The van der Waals surface area contributed by atoms with Crippen LogP contribution in [0, 0.1) is 5.41 Å². The number of nitrogens with zero attached hydrogens (tertiary/aromatic N) is 1. The third-order valence-corrected chi connectivity index (χ3v) is 4.67. The first kappa shape index (κ1) is 16.6. The quantitative estimate of drug-likeness (QED) is 0.815. The molecule has 0 aromatic rings. The molecule has 0 radical (unpaired) electrons. The van der Waals surface area contributed by atoms with E-state index in [1.54, 1.807) is 11.0 Å². The van der Waals surface area contributed by atoms with Crippen LogP contribution in [0.3, 0.4) is 0 Å². The van der Waals surface area contributed by atoms with E-state index < -0.39 is 6.09 Å². The van der Waals surface area contributed by atoms with Gasteiger partial charge in [-0.1, -0.05) is 25.5 Å². The molecule has 122 valence electrons. The molecular formula is C17H26N2O3. The largest absolute Gasteiger partial charge is 0.444 e. The second kappa shape index (κ2) is 6.55. The monoisotopic (exact) mass is 306 g/mol. The Morgan fingerprint density at radius 1 is 1.41 bits per heavy atom. The Morgan fingerprint density at radius 3 is 2.77 bits per heavy atom. The highest BCUT2D eigenvalue weighted by Crippen LogP contribution is 2.40. The minimum Gasteiger partial charge on any atom is -0.444 e. The highest BCUT2D eigenvalue weighted by atomic mass is 16.6. The summed E-state index contributed by atoms with van der Waals surface area (Å²) in [6, 6.07) is 0. The Bertz CT molecular complexity index is 520. The normalized spacial score (nSPS) is 24.9. The Morgan fingerprint density at radius 2 is 2.14 bits per heavy atom. The zero-order chi connectivity index (χ0) is 16.3. The fourth-order valence-corrected chi connectivity index (χ4v) is 3.46. The van der Waals surface area contributed by atoms with E-state index in [0.29, 0.717) is 19.5 Å². The molecule has 1 fully saturated rings. The maximum Gasteiger partial charge on any atom is 0.404 e. The van der Waals surface area contributed by atoms with Gasteiger partial charge in [-0.25, -0.2) is 4.79 Å². The number of likely N-dealkylation sites (tertiary alicyclic amines) is 1. The van der Waals surface area contributed by atoms with Gasteiger partial charge in [-0.15, -0.1) is 0 Å². The number of allylic oxidation sites excluding steroid dienone is 3. The molecule has 0 aromatic carbocycles. The molecule has 1 aliphatic heterocycles. The van der Waals surface area contributed by atoms with E-state index in [1.807, 2.05) is 6.08 Å². The molecule has 1 saturated heterocycles. The van der Waals surface area contributed by atoms with Gasteiger partial charge in [0, 0.05) is 19.0 Å². The van der Waals surface area contributed by atoms with E-state index in [9.17, 15) is 9.59 Å². The predicted octanol–water partition coefficient (Wildman–Crippen LogP) is 2.77. The Kier molecular flexibility index (Phi) is 4.94. The summed E-state index contributed by atoms with van der Waals surface area (Å²) >= 11 is 0. The molecule has 1 atom stereocenters. The summed E-state index contributed by atoms with van der Waals surface area (Å²) in [6.45, 7) is 7.63. The second-order valence-corrected chi connectivity index (χ2v) is 6.90. The molecule has 2 N–H and O–H groups in total. The summed E-state index contributed by atoms with van der Waals surface area (Å²) in [6.07, 6.45) is 6.68. The number of primary amides is 1. The first-order valence-electron chi connectivity index (χ1n) is 7.93. The van der Waals surface area contributed by atoms with Crippen molar-refractivity contribution in [2.24, 2.45) is 11.1 Å². The van der Waals surface area contributed by atoms with Gasteiger partial charge in [0.05, 0.1) is 6.54 Å². The van der Waals surface area contributed by atoms with E-state index in [1.165, 1.54) is 17.6 Å². The molecule has 22 heavy (non-hydrogen) atoms. The van der Waals surface area contributed by atoms with Gasteiger partial charge in [0.25, 0.3) is 0 Å². The third kappa shape index (κ3) is 3.90. The minimum absolute atomic E-state index is 0.0303. The van der Waals surface area contributed by atoms with Crippen molar-refractivity contribution < 1.29 is 14.3 Å². The summed E-state index contributed by atoms with van der Waals surface area (Å²) < 4.78 is 4.95. The van der Waals surface area contributed by atoms with Crippen molar-refractivity contribution in [1.82, 2.24) is 4.90 Å². The molecule has 5 heteroatoms. The Hall–Kier alpha value is -1.78. The molecule has 2 aliphatic rings. The molecule has 0 unspecified atom stereocenters. The van der Waals surface area contributed by atoms with Crippen molar-refractivity contribution in [3.05, 3.63) is 23.3 Å². The lowest BCUT2D eigenvalue weighted by atomic mass is 9.72. The molecule has 2 amide bonds. The summed E-state index contributed by atoms with van der Waals surface area (Å²) in [7, 11) is 0. The van der Waals surface area contributed by atoms with Crippen LogP contribution in [0.2, 0.25) is 0 Å². The summed E-state index contributed by atoms with van der Waals surface area (Å²) in [4.78, 5) is 24.7. The molecule has 0 spiro atoms. The van der Waals surface area contributed by atoms with Crippen molar-refractivity contribution in [2.75, 3.05) is 13.1 Å². The zero-order valence-corrected chi connectivity index (χ0v) is 13.7. The SMILES string of the molecule is CC1=C(/C=C/C(=O)N2CC[C@@H](OC(N)=O)C2)C(C)(C)CCC1. The molecule has 0 aromatic heterocycles. The molecule has 5 nitrogen and oxygen atoms in total. The van der Waals surface area contributed by atoms with Crippen molar-refractivity contribution in [3.63, 3.8) is 0 Å². The summed E-state index contributed by atoms with van der Waals surface area (Å²) in [5, 5.41) is 0. The highest BCUT2D eigenvalue weighted by Gasteiger charge is 2.29. The standard InChI is InChI=1S/C17H26N2O3/c1-12-5-4-9-17(2,3)14(12)6-7-15(20)19-10-8-13(11-19)22-16(18)21/h6-7,13H,4-5,8-11H2,1-3H3,(H2,18,21)/b7-6+/t13-/m1/s1. The number of carbonyl (C=O) groups excluding carboxylic acids is 2. The number of nitrogens with two attached hydrogens (primary N) is 1. The summed E-state index contributed by atoms with van der Waals surface area (Å²) in [5.41, 5.74) is 7.78. The molecule has 1 heterocycles. The predicted molar refractivity (Wildman–Crippen MR) is 85.1 cm³/mol. The Balaban J connectivity index is 1.99. The smallest absolute Gasteiger partial charge is 0.404 e. The van der Waals surface area contributed by atoms with E-state index in [2.05, 4.69) is 20.8 Å². The van der Waals surface area contributed by atoms with Crippen LogP contribution in [0.15, 0.2) is 23.3 Å². The fraction of sp³-hybridized carbons (Fsp3) is 0.647. The van der Waals surface area contributed by atoms with Gasteiger partial charge in [-0.05, 0) is 37.2 Å². The van der Waals surface area contributed by atoms with Gasteiger partial charge in [0.15, 0.2) is 0 Å². The molecular weight excluding hydrogens is 280 g/mol. The lowest BCUT2D eigenvalue weighted by Crippen LogP contribution is -2.30. The van der Waals surface area contributed by atoms with Crippen LogP contribution in [-0.4, -0.2) is 36.1 Å². The Labute approximate surface area is 132 Å². The zero-order valence-electron chi connectivity index (χ0n) is 13.7. The lowest BCUT2D eigenvalue weighted by molar-refractivity contribution is -0.125. The number of amides is 2. The van der Waals surface area contributed by atoms with Crippen LogP contribution in [-0.2, 0) is 9.53 Å². The van der Waals surface area contributed by atoms with Gasteiger partial charge < -0.3 is 15.4 Å².